The summed E-state index contributed by atoms with van der Waals surface area (Å²) in [4.78, 5) is 30.5. The molecule has 2 aromatic heterocycles. The van der Waals surface area contributed by atoms with Crippen molar-refractivity contribution >= 4 is 22.9 Å². The van der Waals surface area contributed by atoms with E-state index in [-0.39, 0.29) is 24.9 Å². The second kappa shape index (κ2) is 9.24. The summed E-state index contributed by atoms with van der Waals surface area (Å²) in [5, 5.41) is 14.1. The van der Waals surface area contributed by atoms with Crippen LogP contribution >= 0.6 is 0 Å². The first-order valence-electron chi connectivity index (χ1n) is 10.8. The van der Waals surface area contributed by atoms with Crippen LogP contribution in [0.15, 0.2) is 83.6 Å². The Balaban J connectivity index is 1.71. The molecular weight excluding hydrogens is 418 g/mol. The lowest BCUT2D eigenvalue weighted by Crippen LogP contribution is -2.59. The third-order valence-electron chi connectivity index (χ3n) is 6.07. The van der Waals surface area contributed by atoms with Crippen LogP contribution in [-0.4, -0.2) is 32.5 Å². The Hall–Kier alpha value is -4.00. The lowest BCUT2D eigenvalue weighted by atomic mass is 9.89. The van der Waals surface area contributed by atoms with Crippen molar-refractivity contribution in [2.75, 3.05) is 0 Å². The molecule has 0 saturated carbocycles. The Morgan fingerprint density at radius 1 is 1.09 bits per heavy atom. The lowest BCUT2D eigenvalue weighted by molar-refractivity contribution is -0.132. The zero-order chi connectivity index (χ0) is 23.4. The minimum absolute atomic E-state index is 0.0473. The summed E-state index contributed by atoms with van der Waals surface area (Å²) in [6.07, 6.45) is 2.32. The standard InChI is InChI=1S/C26H27N3O4/c1-18(19-9-4-3-5-10-19)28-24(30)26(2,29(25(31)32)17-21-11-8-14-33-21)15-20-16-27-23-13-7-6-12-22(20)23/h3-14,16,18,27H,15,17H2,1-2H3,(H,28,30)(H,31,32)/t18-,26+/m0/s1. The maximum atomic E-state index is 13.7. The van der Waals surface area contributed by atoms with Gasteiger partial charge in [-0.05, 0) is 43.2 Å². The Labute approximate surface area is 192 Å². The number of carbonyl (C=O) groups is 2. The summed E-state index contributed by atoms with van der Waals surface area (Å²) in [5.74, 6) is 0.0875. The van der Waals surface area contributed by atoms with E-state index in [0.717, 1.165) is 26.9 Å². The first-order chi connectivity index (χ1) is 15.9. The van der Waals surface area contributed by atoms with Gasteiger partial charge in [-0.1, -0.05) is 48.5 Å². The van der Waals surface area contributed by atoms with Crippen LogP contribution < -0.4 is 5.32 Å². The fourth-order valence-corrected chi connectivity index (χ4v) is 4.14. The Bertz CT molecular complexity index is 1230. The van der Waals surface area contributed by atoms with Gasteiger partial charge in [0.1, 0.15) is 11.3 Å². The van der Waals surface area contributed by atoms with Crippen molar-refractivity contribution in [1.82, 2.24) is 15.2 Å². The number of H-pyrrole nitrogens is 1. The van der Waals surface area contributed by atoms with Crippen molar-refractivity contribution in [3.05, 3.63) is 96.1 Å². The molecule has 2 heterocycles. The molecule has 0 saturated heterocycles. The highest BCUT2D eigenvalue weighted by Crippen LogP contribution is 2.29. The number of carbonyl (C=O) groups excluding carboxylic acids is 1. The highest BCUT2D eigenvalue weighted by atomic mass is 16.4. The minimum atomic E-state index is -1.40. The van der Waals surface area contributed by atoms with E-state index in [1.807, 2.05) is 67.7 Å². The first-order valence-corrected chi connectivity index (χ1v) is 10.8. The van der Waals surface area contributed by atoms with Crippen molar-refractivity contribution in [2.24, 2.45) is 0 Å². The number of carboxylic acid groups (broad SMARTS) is 1. The molecule has 2 aromatic carbocycles. The Kier molecular flexibility index (Phi) is 6.22. The topological polar surface area (TPSA) is 98.6 Å². The third-order valence-corrected chi connectivity index (χ3v) is 6.07. The van der Waals surface area contributed by atoms with Gasteiger partial charge in [0.2, 0.25) is 5.91 Å². The molecule has 4 aromatic rings. The fourth-order valence-electron chi connectivity index (χ4n) is 4.14. The first kappa shape index (κ1) is 22.2. The SMILES string of the molecule is C[C@H](NC(=O)[C@@](C)(Cc1c[nH]c2ccccc12)N(Cc1ccco1)C(=O)O)c1ccccc1. The smallest absolute Gasteiger partial charge is 0.408 e. The number of amides is 2. The van der Waals surface area contributed by atoms with Gasteiger partial charge in [-0.3, -0.25) is 9.69 Å². The Morgan fingerprint density at radius 2 is 1.82 bits per heavy atom. The monoisotopic (exact) mass is 445 g/mol. The molecule has 4 rings (SSSR count). The number of aromatic amines is 1. The van der Waals surface area contributed by atoms with Crippen molar-refractivity contribution in [2.45, 2.75) is 38.4 Å². The number of benzene rings is 2. The van der Waals surface area contributed by atoms with Gasteiger partial charge in [0.05, 0.1) is 18.8 Å². The Morgan fingerprint density at radius 3 is 2.52 bits per heavy atom. The van der Waals surface area contributed by atoms with E-state index >= 15 is 0 Å². The van der Waals surface area contributed by atoms with Crippen LogP contribution in [0, 0.1) is 0 Å². The van der Waals surface area contributed by atoms with Crippen molar-refractivity contribution in [3.63, 3.8) is 0 Å². The summed E-state index contributed by atoms with van der Waals surface area (Å²) >= 11 is 0. The van der Waals surface area contributed by atoms with Gasteiger partial charge >= 0.3 is 6.09 Å². The van der Waals surface area contributed by atoms with E-state index in [1.54, 1.807) is 19.1 Å². The molecule has 0 fully saturated rings. The van der Waals surface area contributed by atoms with Crippen LogP contribution in [0.25, 0.3) is 10.9 Å². The number of nitrogens with one attached hydrogen (secondary N) is 2. The molecule has 0 spiro atoms. The van der Waals surface area contributed by atoms with E-state index in [1.165, 1.54) is 6.26 Å². The number of fused-ring (bicyclic) bond motifs is 1. The van der Waals surface area contributed by atoms with Gasteiger partial charge in [-0.2, -0.15) is 0 Å². The van der Waals surface area contributed by atoms with Gasteiger partial charge in [0, 0.05) is 23.5 Å². The van der Waals surface area contributed by atoms with Gasteiger partial charge in [0.25, 0.3) is 0 Å². The van der Waals surface area contributed by atoms with Gasteiger partial charge < -0.3 is 19.8 Å². The van der Waals surface area contributed by atoms with Crippen molar-refractivity contribution in [3.8, 4) is 0 Å². The molecule has 0 bridgehead atoms. The maximum Gasteiger partial charge on any atom is 0.408 e. The summed E-state index contributed by atoms with van der Waals surface area (Å²) < 4.78 is 5.40. The zero-order valence-corrected chi connectivity index (χ0v) is 18.6. The number of rotatable bonds is 8. The molecule has 0 aliphatic rings. The molecule has 33 heavy (non-hydrogen) atoms. The second-order valence-corrected chi connectivity index (χ2v) is 8.36. The zero-order valence-electron chi connectivity index (χ0n) is 18.6. The fraction of sp³-hybridized carbons (Fsp3) is 0.231. The van der Waals surface area contributed by atoms with Crippen LogP contribution in [0.3, 0.4) is 0 Å². The maximum absolute atomic E-state index is 13.7. The molecule has 3 N–H and O–H groups in total. The predicted octanol–water partition coefficient (Wildman–Crippen LogP) is 5.12. The lowest BCUT2D eigenvalue weighted by Gasteiger charge is -2.38. The molecule has 7 heteroatoms. The number of nitrogens with zero attached hydrogens (tertiary/aromatic N) is 1. The number of hydrogen-bond acceptors (Lipinski definition) is 3. The third kappa shape index (κ3) is 4.62. The van der Waals surface area contributed by atoms with Crippen LogP contribution in [0.5, 0.6) is 0 Å². The van der Waals surface area contributed by atoms with E-state index in [4.69, 9.17) is 4.42 Å². The van der Waals surface area contributed by atoms with Gasteiger partial charge in [-0.25, -0.2) is 4.79 Å². The van der Waals surface area contributed by atoms with E-state index in [9.17, 15) is 14.7 Å². The molecule has 0 unspecified atom stereocenters. The average Bonchev–Trinajstić information content (AvgIpc) is 3.48. The number of furan rings is 1. The number of aromatic nitrogens is 1. The van der Waals surface area contributed by atoms with Crippen LogP contribution in [0.1, 0.15) is 36.8 Å². The summed E-state index contributed by atoms with van der Waals surface area (Å²) in [7, 11) is 0. The van der Waals surface area contributed by atoms with E-state index in [0.29, 0.717) is 5.76 Å². The van der Waals surface area contributed by atoms with Crippen molar-refractivity contribution in [1.29, 1.82) is 0 Å². The van der Waals surface area contributed by atoms with Gasteiger partial charge in [-0.15, -0.1) is 0 Å². The second-order valence-electron chi connectivity index (χ2n) is 8.36. The molecule has 0 radical (unpaired) electrons. The highest BCUT2D eigenvalue weighted by Gasteiger charge is 2.44. The quantitative estimate of drug-likeness (QED) is 0.351. The molecule has 0 aliphatic heterocycles. The molecule has 2 atom stereocenters. The largest absolute Gasteiger partial charge is 0.467 e. The molecular formula is C26H27N3O4. The normalized spacial score (nSPS) is 13.9. The summed E-state index contributed by atoms with van der Waals surface area (Å²) in [6, 6.07) is 20.5. The van der Waals surface area contributed by atoms with Crippen LogP contribution in [-0.2, 0) is 17.8 Å². The summed E-state index contributed by atoms with van der Waals surface area (Å²) in [5.41, 5.74) is 1.34. The van der Waals surface area contributed by atoms with E-state index < -0.39 is 11.6 Å². The van der Waals surface area contributed by atoms with Crippen molar-refractivity contribution < 1.29 is 19.1 Å². The molecule has 7 nitrogen and oxygen atoms in total. The predicted molar refractivity (Wildman–Crippen MR) is 126 cm³/mol. The number of para-hydroxylation sites is 1. The minimum Gasteiger partial charge on any atom is -0.467 e. The number of hydrogen-bond donors (Lipinski definition) is 3. The average molecular weight is 446 g/mol. The molecule has 2 amide bonds. The van der Waals surface area contributed by atoms with Crippen LogP contribution in [0.4, 0.5) is 4.79 Å². The molecule has 0 aliphatic carbocycles. The van der Waals surface area contributed by atoms with E-state index in [2.05, 4.69) is 10.3 Å². The van der Waals surface area contributed by atoms with Gasteiger partial charge in [0.15, 0.2) is 0 Å². The summed E-state index contributed by atoms with van der Waals surface area (Å²) in [6.45, 7) is 3.50. The highest BCUT2D eigenvalue weighted by molar-refractivity contribution is 5.91. The molecule has 170 valence electrons. The van der Waals surface area contributed by atoms with Crippen LogP contribution in [0.2, 0.25) is 0 Å².